The van der Waals surface area contributed by atoms with Crippen LogP contribution in [0.3, 0.4) is 0 Å². The van der Waals surface area contributed by atoms with Gasteiger partial charge < -0.3 is 35.5 Å². The average molecular weight is 1300 g/mol. The molecule has 0 saturated carbocycles. The molecule has 4 aromatic carbocycles. The fraction of sp³-hybridized carbons (Fsp3) is 0.404. The lowest BCUT2D eigenvalue weighted by Crippen LogP contribution is -2.47. The number of halogens is 13. The van der Waals surface area contributed by atoms with Crippen LogP contribution >= 0.6 is 23.4 Å². The Balaban J connectivity index is 0.000000741. The molecule has 0 bridgehead atoms. The van der Waals surface area contributed by atoms with Crippen LogP contribution in [0.2, 0.25) is 5.02 Å². The molecule has 0 unspecified atom stereocenters. The molecule has 1 amide bonds. The van der Waals surface area contributed by atoms with Gasteiger partial charge >= 0.3 is 48.6 Å². The first-order chi connectivity index (χ1) is 39.4. The second kappa shape index (κ2) is 32.4. The number of hydrogen-bond acceptors (Lipinski definition) is 14. The van der Waals surface area contributed by atoms with Gasteiger partial charge in [-0.05, 0) is 124 Å². The third-order valence-electron chi connectivity index (χ3n) is 11.8. The number of nitrogens with one attached hydrogen (secondary N) is 2. The second-order valence-electron chi connectivity index (χ2n) is 19.4. The molecule has 86 heavy (non-hydrogen) atoms. The first-order valence-corrected chi connectivity index (χ1v) is 27.5. The number of amides is 1. The molecule has 1 fully saturated rings. The van der Waals surface area contributed by atoms with Crippen molar-refractivity contribution in [1.82, 2.24) is 14.5 Å². The fourth-order valence-electron chi connectivity index (χ4n) is 7.56. The van der Waals surface area contributed by atoms with Crippen LogP contribution in [-0.2, 0) is 29.2 Å². The van der Waals surface area contributed by atoms with Crippen molar-refractivity contribution in [1.29, 1.82) is 0 Å². The van der Waals surface area contributed by atoms with Crippen LogP contribution in [0.1, 0.15) is 55.5 Å². The largest absolute Gasteiger partial charge is 0.490 e. The van der Waals surface area contributed by atoms with E-state index in [0.717, 1.165) is 80.2 Å². The van der Waals surface area contributed by atoms with Crippen molar-refractivity contribution in [2.75, 3.05) is 69.3 Å². The molecule has 1 aliphatic carbocycles. The molecule has 476 valence electrons. The number of carboxylic acids is 4. The van der Waals surface area contributed by atoms with Gasteiger partial charge in [-0.2, -0.15) is 52.7 Å². The van der Waals surface area contributed by atoms with Gasteiger partial charge in [0.1, 0.15) is 5.69 Å². The van der Waals surface area contributed by atoms with Crippen LogP contribution < -0.4 is 14.9 Å². The Morgan fingerprint density at radius 3 is 1.65 bits per heavy atom. The number of allylic oxidation sites excluding steroid dienone is 1. The topological polar surface area (TPSA) is 277 Å². The normalized spacial score (nSPS) is 14.9. The number of carboxylic acid groups (broad SMARTS) is 4. The van der Waals surface area contributed by atoms with Crippen molar-refractivity contribution in [3.8, 4) is 0 Å². The summed E-state index contributed by atoms with van der Waals surface area (Å²) in [6.07, 6.45) is -16.3. The lowest BCUT2D eigenvalue weighted by Gasteiger charge is -2.39. The molecule has 4 aromatic rings. The molecule has 1 saturated heterocycles. The molecule has 1 atom stereocenters. The van der Waals surface area contributed by atoms with Crippen LogP contribution in [0.15, 0.2) is 112 Å². The standard InChI is InChI=1S/C44H53ClN6O5S2.4C2HF3O2/c1-44(2)22-20-40(32-10-14-35(45)15-11-32)34(29-44)30-49-24-26-50(27-25-49)37-16-12-33(13-17-37)43(52)47-58(55,56)39-18-19-41(42(28-39)51(53)54)46-36(21-23-48(3)4)31-57-38-8-6-5-7-9-38;4*3-2(4,5)1(6)7/h5-19,28,36,46H,20-27,29-31H2,1-4H3,(H,47,52);4*(H,6,7)/t36-;;;;/m1..../s1. The third-order valence-corrected chi connectivity index (χ3v) is 14.6. The molecule has 0 radical (unpaired) electrons. The zero-order valence-corrected chi connectivity index (χ0v) is 48.0. The highest BCUT2D eigenvalue weighted by Gasteiger charge is 2.40. The number of hydrogen-bond donors (Lipinski definition) is 6. The third kappa shape index (κ3) is 26.9. The van der Waals surface area contributed by atoms with Gasteiger partial charge in [0.2, 0.25) is 0 Å². The van der Waals surface area contributed by atoms with E-state index in [4.69, 9.17) is 51.2 Å². The quantitative estimate of drug-likeness (QED) is 0.0263. The number of aliphatic carboxylic acids is 4. The Morgan fingerprint density at radius 1 is 0.733 bits per heavy atom. The second-order valence-corrected chi connectivity index (χ2v) is 22.6. The number of thioether (sulfide) groups is 1. The molecule has 19 nitrogen and oxygen atoms in total. The Bertz CT molecular complexity index is 2980. The number of nitro benzene ring substituents is 1. The summed E-state index contributed by atoms with van der Waals surface area (Å²) in [6.45, 7) is 9.79. The minimum atomic E-state index is -5.08. The van der Waals surface area contributed by atoms with E-state index >= 15 is 0 Å². The van der Waals surface area contributed by atoms with Gasteiger partial charge in [0, 0.05) is 71.8 Å². The van der Waals surface area contributed by atoms with Crippen molar-refractivity contribution in [2.24, 2.45) is 5.41 Å². The highest BCUT2D eigenvalue weighted by atomic mass is 35.5. The molecular formula is C52H57ClF12N6O13S2. The van der Waals surface area contributed by atoms with E-state index in [1.165, 1.54) is 28.8 Å². The summed E-state index contributed by atoms with van der Waals surface area (Å²) in [4.78, 5) is 67.9. The first-order valence-electron chi connectivity index (χ1n) is 24.6. The number of carbonyl (C=O) groups excluding carboxylic acids is 1. The predicted octanol–water partition coefficient (Wildman–Crippen LogP) is 11.2. The van der Waals surface area contributed by atoms with Gasteiger partial charge in [0.25, 0.3) is 21.6 Å². The van der Waals surface area contributed by atoms with Gasteiger partial charge in [-0.3, -0.25) is 19.8 Å². The molecule has 1 aliphatic heterocycles. The zero-order valence-electron chi connectivity index (χ0n) is 45.6. The minimum Gasteiger partial charge on any atom is -0.475 e. The van der Waals surface area contributed by atoms with Crippen LogP contribution in [-0.4, -0.2) is 163 Å². The van der Waals surface area contributed by atoms with E-state index < -0.39 is 69.4 Å². The number of nitro groups is 1. The Labute approximate surface area is 492 Å². The van der Waals surface area contributed by atoms with Crippen LogP contribution in [0.5, 0.6) is 0 Å². The van der Waals surface area contributed by atoms with Crippen molar-refractivity contribution in [2.45, 2.75) is 80.1 Å². The highest BCUT2D eigenvalue weighted by Crippen LogP contribution is 2.43. The minimum absolute atomic E-state index is 0.138. The van der Waals surface area contributed by atoms with Crippen molar-refractivity contribution >= 4 is 85.8 Å². The van der Waals surface area contributed by atoms with E-state index in [1.807, 2.05) is 73.6 Å². The summed E-state index contributed by atoms with van der Waals surface area (Å²) in [5, 5.41) is 44.7. The number of rotatable bonds is 16. The van der Waals surface area contributed by atoms with Gasteiger partial charge in [0.15, 0.2) is 0 Å². The maximum atomic E-state index is 13.4. The van der Waals surface area contributed by atoms with Crippen LogP contribution in [0.25, 0.3) is 5.57 Å². The summed E-state index contributed by atoms with van der Waals surface area (Å²) in [5.41, 5.74) is 5.39. The summed E-state index contributed by atoms with van der Waals surface area (Å²) in [5.74, 6) is -11.2. The fourth-order valence-corrected chi connectivity index (χ4v) is 9.67. The molecular weight excluding hydrogens is 1240 g/mol. The van der Waals surface area contributed by atoms with Gasteiger partial charge in [-0.1, -0.05) is 61.4 Å². The molecule has 1 heterocycles. The summed E-state index contributed by atoms with van der Waals surface area (Å²) in [7, 11) is -0.500. The monoisotopic (exact) mass is 1300 g/mol. The first kappa shape index (κ1) is 74.7. The molecule has 0 aromatic heterocycles. The van der Waals surface area contributed by atoms with E-state index in [0.29, 0.717) is 12.2 Å². The lowest BCUT2D eigenvalue weighted by atomic mass is 9.73. The molecule has 6 rings (SSSR count). The molecule has 6 N–H and O–H groups in total. The number of nitrogens with zero attached hydrogens (tertiary/aromatic N) is 4. The molecule has 2 aliphatic rings. The summed E-state index contributed by atoms with van der Waals surface area (Å²) >= 11 is 7.83. The van der Waals surface area contributed by atoms with Gasteiger partial charge in [-0.25, -0.2) is 32.3 Å². The van der Waals surface area contributed by atoms with Crippen molar-refractivity contribution in [3.05, 3.63) is 129 Å². The van der Waals surface area contributed by atoms with Gasteiger partial charge in [0.05, 0.1) is 9.82 Å². The predicted molar refractivity (Wildman–Crippen MR) is 291 cm³/mol. The van der Waals surface area contributed by atoms with Crippen LogP contribution in [0, 0.1) is 15.5 Å². The average Bonchev–Trinajstić information content (AvgIpc) is 2.28. The van der Waals surface area contributed by atoms with Crippen LogP contribution in [0.4, 0.5) is 69.7 Å². The SMILES string of the molecule is CN(C)CC[C@H](CSc1ccccc1)Nc1ccc(S(=O)(=O)NC(=O)c2ccc(N3CCN(CC4=C(c5ccc(Cl)cc5)CCC(C)(C)C4)CC3)cc2)cc1[N+](=O)[O-].O=C(O)C(F)(F)F.O=C(O)C(F)(F)F.O=C(O)C(F)(F)F.O=C(O)C(F)(F)F. The maximum absolute atomic E-state index is 13.4. The number of alkyl halides is 12. The van der Waals surface area contributed by atoms with E-state index in [-0.39, 0.29) is 33.3 Å². The number of carbonyl (C=O) groups is 5. The number of anilines is 2. The van der Waals surface area contributed by atoms with Crippen molar-refractivity contribution < 1.29 is 110 Å². The Kier molecular flexibility index (Phi) is 28.2. The molecule has 34 heteroatoms. The highest BCUT2D eigenvalue weighted by molar-refractivity contribution is 7.99. The Hall–Kier alpha value is -7.36. The number of piperazine rings is 1. The maximum Gasteiger partial charge on any atom is 0.490 e. The number of sulfonamides is 1. The Morgan fingerprint density at radius 2 is 1.21 bits per heavy atom. The summed E-state index contributed by atoms with van der Waals surface area (Å²) in [6, 6.07) is 28.5. The van der Waals surface area contributed by atoms with Gasteiger partial charge in [-0.15, -0.1) is 11.8 Å². The van der Waals surface area contributed by atoms with E-state index in [9.17, 15) is 76.0 Å². The smallest absolute Gasteiger partial charge is 0.475 e. The number of benzene rings is 4. The zero-order chi connectivity index (χ0) is 65.8. The molecule has 0 spiro atoms. The van der Waals surface area contributed by atoms with E-state index in [1.54, 1.807) is 23.9 Å². The lowest BCUT2D eigenvalue weighted by molar-refractivity contribution is -0.384. The van der Waals surface area contributed by atoms with E-state index in [2.05, 4.69) is 45.8 Å². The summed E-state index contributed by atoms with van der Waals surface area (Å²) < 4.78 is 156. The van der Waals surface area contributed by atoms with Crippen molar-refractivity contribution in [3.63, 3.8) is 0 Å².